The van der Waals surface area contributed by atoms with Crippen molar-refractivity contribution in [1.29, 1.82) is 0 Å². The van der Waals surface area contributed by atoms with Crippen LogP contribution in [-0.4, -0.2) is 36.1 Å². The van der Waals surface area contributed by atoms with E-state index in [0.717, 1.165) is 11.6 Å². The number of rotatable bonds is 6. The van der Waals surface area contributed by atoms with E-state index >= 15 is 0 Å². The van der Waals surface area contributed by atoms with Gasteiger partial charge in [-0.25, -0.2) is 4.39 Å². The Kier molecular flexibility index (Phi) is 6.31. The van der Waals surface area contributed by atoms with Crippen molar-refractivity contribution >= 4 is 41.1 Å². The lowest BCUT2D eigenvalue weighted by Gasteiger charge is -2.46. The summed E-state index contributed by atoms with van der Waals surface area (Å²) in [6.07, 6.45) is 3.91. The molecule has 1 aliphatic heterocycles. The molecule has 9 heteroatoms. The van der Waals surface area contributed by atoms with Crippen LogP contribution in [0.15, 0.2) is 42.5 Å². The molecule has 2 amide bonds. The first-order valence-corrected chi connectivity index (χ1v) is 10.8. The van der Waals surface area contributed by atoms with Crippen LogP contribution in [0, 0.1) is 5.82 Å². The molecule has 2 aromatic rings. The third-order valence-electron chi connectivity index (χ3n) is 5.38. The summed E-state index contributed by atoms with van der Waals surface area (Å²) in [7, 11) is 0. The highest BCUT2D eigenvalue weighted by atomic mass is 35.5. The quantitative estimate of drug-likeness (QED) is 0.653. The zero-order valence-corrected chi connectivity index (χ0v) is 18.7. The molecule has 6 nitrogen and oxygen atoms in total. The molecule has 2 aliphatic rings. The minimum atomic E-state index is -0.734. The first kappa shape index (κ1) is 22.4. The second kappa shape index (κ2) is 9.00. The molecule has 0 radical (unpaired) electrons. The van der Waals surface area contributed by atoms with E-state index in [4.69, 9.17) is 32.7 Å². The average Bonchev–Trinajstić information content (AvgIpc) is 2.73. The normalized spacial score (nSPS) is 23.4. The Bertz CT molecular complexity index is 1090. The van der Waals surface area contributed by atoms with Gasteiger partial charge in [0.2, 0.25) is 0 Å². The van der Waals surface area contributed by atoms with E-state index in [0.29, 0.717) is 23.6 Å². The van der Waals surface area contributed by atoms with Crippen LogP contribution in [0.4, 0.5) is 4.39 Å². The van der Waals surface area contributed by atoms with Gasteiger partial charge < -0.3 is 20.1 Å². The number of halogens is 3. The molecule has 1 aliphatic carbocycles. The molecule has 4 rings (SSSR count). The van der Waals surface area contributed by atoms with E-state index in [1.807, 2.05) is 13.0 Å². The predicted octanol–water partition coefficient (Wildman–Crippen LogP) is 4.14. The first-order valence-electron chi connectivity index (χ1n) is 10.0. The van der Waals surface area contributed by atoms with Crippen molar-refractivity contribution in [3.8, 4) is 11.5 Å². The van der Waals surface area contributed by atoms with Crippen LogP contribution >= 0.6 is 23.2 Å². The fourth-order valence-electron chi connectivity index (χ4n) is 3.85. The molecule has 1 heterocycles. The largest absolute Gasteiger partial charge is 0.484 e. The Hall–Kier alpha value is -2.77. The maximum Gasteiger partial charge on any atom is 0.265 e. The molecule has 0 aromatic heterocycles. The Morgan fingerprint density at radius 1 is 1.22 bits per heavy atom. The molecule has 2 N–H and O–H groups in total. The van der Waals surface area contributed by atoms with E-state index < -0.39 is 17.5 Å². The van der Waals surface area contributed by atoms with Crippen molar-refractivity contribution < 1.29 is 23.5 Å². The summed E-state index contributed by atoms with van der Waals surface area (Å²) in [5.74, 6) is -0.368. The number of nitrogens with one attached hydrogen (secondary N) is 2. The molecule has 1 saturated carbocycles. The lowest BCUT2D eigenvalue weighted by molar-refractivity contribution is -0.129. The summed E-state index contributed by atoms with van der Waals surface area (Å²) in [6, 6.07) is 9.10. The lowest BCUT2D eigenvalue weighted by atomic mass is 9.74. The molecular formula is C23H21Cl2FN2O4. The predicted molar refractivity (Wildman–Crippen MR) is 120 cm³/mol. The third kappa shape index (κ3) is 5.16. The lowest BCUT2D eigenvalue weighted by Crippen LogP contribution is -2.63. The molecular weight excluding hydrogens is 458 g/mol. The zero-order valence-electron chi connectivity index (χ0n) is 17.2. The summed E-state index contributed by atoms with van der Waals surface area (Å²) in [5, 5.41) is 6.43. The molecule has 2 aromatic carbocycles. The number of amides is 2. The topological polar surface area (TPSA) is 76.7 Å². The Morgan fingerprint density at radius 3 is 2.75 bits per heavy atom. The standard InChI is InChI=1S/C23H21Cl2FN2O4/c1-23(28-22(30)20-6-2-13-8-14(24)3-7-19(13)32-20)10-15(11-23)27-21(29)12-31-16-4-5-17(25)18(26)9-16/h2-9,15,20H,10-12H2,1H3,(H,27,29)(H,28,30)/t15?,20-,23?/m1/s1. The van der Waals surface area contributed by atoms with E-state index in [-0.39, 0.29) is 35.2 Å². The Morgan fingerprint density at radius 2 is 2.00 bits per heavy atom. The van der Waals surface area contributed by atoms with Crippen LogP contribution in [-0.2, 0) is 9.59 Å². The van der Waals surface area contributed by atoms with Gasteiger partial charge in [-0.15, -0.1) is 0 Å². The zero-order chi connectivity index (χ0) is 22.9. The van der Waals surface area contributed by atoms with Crippen LogP contribution < -0.4 is 20.1 Å². The fourth-order valence-corrected chi connectivity index (χ4v) is 4.15. The Labute approximate surface area is 194 Å². The van der Waals surface area contributed by atoms with E-state index in [2.05, 4.69) is 10.6 Å². The highest BCUT2D eigenvalue weighted by Gasteiger charge is 2.43. The van der Waals surface area contributed by atoms with Crippen LogP contribution in [0.25, 0.3) is 6.08 Å². The van der Waals surface area contributed by atoms with Gasteiger partial charge in [-0.1, -0.05) is 29.3 Å². The molecule has 168 valence electrons. The smallest absolute Gasteiger partial charge is 0.265 e. The van der Waals surface area contributed by atoms with Crippen LogP contribution in [0.3, 0.4) is 0 Å². The summed E-state index contributed by atoms with van der Waals surface area (Å²) in [5.41, 5.74) is 0.370. The van der Waals surface area contributed by atoms with Gasteiger partial charge in [-0.3, -0.25) is 9.59 Å². The highest BCUT2D eigenvalue weighted by molar-refractivity contribution is 6.31. The molecule has 0 bridgehead atoms. The molecule has 32 heavy (non-hydrogen) atoms. The van der Waals surface area contributed by atoms with Gasteiger partial charge >= 0.3 is 0 Å². The monoisotopic (exact) mass is 478 g/mol. The van der Waals surface area contributed by atoms with Gasteiger partial charge in [0.25, 0.3) is 11.8 Å². The van der Waals surface area contributed by atoms with Crippen molar-refractivity contribution in [2.24, 2.45) is 0 Å². The molecule has 1 fully saturated rings. The maximum absolute atomic E-state index is 13.4. The number of carbonyl (C=O) groups is 2. The number of fused-ring (bicyclic) bond motifs is 1. The van der Waals surface area contributed by atoms with Crippen LogP contribution in [0.5, 0.6) is 11.5 Å². The minimum absolute atomic E-state index is 0.0136. The second-order valence-corrected chi connectivity index (χ2v) is 9.01. The van der Waals surface area contributed by atoms with E-state index in [1.165, 1.54) is 12.1 Å². The van der Waals surface area contributed by atoms with Crippen molar-refractivity contribution in [2.75, 3.05) is 6.61 Å². The van der Waals surface area contributed by atoms with Crippen LogP contribution in [0.2, 0.25) is 10.0 Å². The molecule has 0 unspecified atom stereocenters. The van der Waals surface area contributed by atoms with Gasteiger partial charge in [0.1, 0.15) is 17.3 Å². The fraction of sp³-hybridized carbons (Fsp3) is 0.304. The van der Waals surface area contributed by atoms with Gasteiger partial charge in [-0.05, 0) is 56.2 Å². The first-order chi connectivity index (χ1) is 15.2. The summed E-state index contributed by atoms with van der Waals surface area (Å²) in [6.45, 7) is 1.67. The molecule has 1 atom stereocenters. The van der Waals surface area contributed by atoms with Crippen molar-refractivity contribution in [2.45, 2.75) is 37.5 Å². The van der Waals surface area contributed by atoms with E-state index in [1.54, 1.807) is 24.3 Å². The minimum Gasteiger partial charge on any atom is -0.484 e. The number of hydrogen-bond donors (Lipinski definition) is 2. The van der Waals surface area contributed by atoms with Crippen molar-refractivity contribution in [3.63, 3.8) is 0 Å². The van der Waals surface area contributed by atoms with Crippen LogP contribution in [0.1, 0.15) is 25.3 Å². The van der Waals surface area contributed by atoms with Gasteiger partial charge in [-0.2, -0.15) is 0 Å². The number of hydrogen-bond acceptors (Lipinski definition) is 4. The second-order valence-electron chi connectivity index (χ2n) is 8.17. The summed E-state index contributed by atoms with van der Waals surface area (Å²) >= 11 is 11.6. The maximum atomic E-state index is 13.4. The van der Waals surface area contributed by atoms with Gasteiger partial charge in [0, 0.05) is 28.2 Å². The van der Waals surface area contributed by atoms with Crippen molar-refractivity contribution in [3.05, 3.63) is 63.9 Å². The summed E-state index contributed by atoms with van der Waals surface area (Å²) < 4.78 is 24.5. The Balaban J connectivity index is 1.22. The van der Waals surface area contributed by atoms with E-state index in [9.17, 15) is 14.0 Å². The van der Waals surface area contributed by atoms with Gasteiger partial charge in [0.05, 0.1) is 5.02 Å². The summed E-state index contributed by atoms with van der Waals surface area (Å²) in [4.78, 5) is 24.8. The third-order valence-corrected chi connectivity index (χ3v) is 5.92. The molecule has 0 saturated heterocycles. The molecule has 0 spiro atoms. The highest BCUT2D eigenvalue weighted by Crippen LogP contribution is 2.33. The SMILES string of the molecule is CC1(NC(=O)[C@H]2C=Cc3cc(Cl)ccc3O2)CC(NC(=O)COc2ccc(Cl)c(F)c2)C1. The average molecular weight is 479 g/mol. The number of ether oxygens (including phenoxy) is 2. The van der Waals surface area contributed by atoms with Crippen molar-refractivity contribution in [1.82, 2.24) is 10.6 Å². The number of benzene rings is 2. The number of carbonyl (C=O) groups excluding carboxylic acids is 2. The van der Waals surface area contributed by atoms with Gasteiger partial charge in [0.15, 0.2) is 12.7 Å².